The van der Waals surface area contributed by atoms with Crippen LogP contribution in [-0.2, 0) is 12.4 Å². The van der Waals surface area contributed by atoms with Gasteiger partial charge in [-0.3, -0.25) is 4.79 Å². The summed E-state index contributed by atoms with van der Waals surface area (Å²) in [6.07, 6.45) is 1.67. The Bertz CT molecular complexity index is 886. The molecular formula is C22H22N2O3S. The highest BCUT2D eigenvalue weighted by molar-refractivity contribution is 7.98. The SMILES string of the molecule is O=C(Nc1cc(CSCCO)ccn1)c1ccc(OCc2ccccc2)cc1. The Hall–Kier alpha value is -2.83. The third-order valence-electron chi connectivity index (χ3n) is 3.94. The van der Waals surface area contributed by atoms with Crippen LogP contribution in [0.3, 0.4) is 0 Å². The van der Waals surface area contributed by atoms with Crippen molar-refractivity contribution < 1.29 is 14.6 Å². The van der Waals surface area contributed by atoms with Crippen LogP contribution in [-0.4, -0.2) is 28.4 Å². The molecule has 3 aromatic rings. The summed E-state index contributed by atoms with van der Waals surface area (Å²) in [5, 5.41) is 11.7. The highest BCUT2D eigenvalue weighted by Gasteiger charge is 2.08. The van der Waals surface area contributed by atoms with Crippen LogP contribution in [0, 0.1) is 0 Å². The highest BCUT2D eigenvalue weighted by atomic mass is 32.2. The molecule has 0 fully saturated rings. The number of hydrogen-bond donors (Lipinski definition) is 2. The van der Waals surface area contributed by atoms with Crippen molar-refractivity contribution in [1.29, 1.82) is 0 Å². The number of carbonyl (C=O) groups is 1. The van der Waals surface area contributed by atoms with Crippen molar-refractivity contribution >= 4 is 23.5 Å². The van der Waals surface area contributed by atoms with Crippen LogP contribution in [0.15, 0.2) is 72.9 Å². The van der Waals surface area contributed by atoms with E-state index < -0.39 is 0 Å². The third-order valence-corrected chi connectivity index (χ3v) is 4.94. The highest BCUT2D eigenvalue weighted by Crippen LogP contribution is 2.17. The monoisotopic (exact) mass is 394 g/mol. The van der Waals surface area contributed by atoms with Gasteiger partial charge in [-0.25, -0.2) is 4.98 Å². The van der Waals surface area contributed by atoms with E-state index in [4.69, 9.17) is 9.84 Å². The fourth-order valence-electron chi connectivity index (χ4n) is 2.52. The van der Waals surface area contributed by atoms with Gasteiger partial charge < -0.3 is 15.2 Å². The number of nitrogens with zero attached hydrogens (tertiary/aromatic N) is 1. The summed E-state index contributed by atoms with van der Waals surface area (Å²) in [6.45, 7) is 0.641. The van der Waals surface area contributed by atoms with Crippen LogP contribution in [0.1, 0.15) is 21.5 Å². The predicted molar refractivity (Wildman–Crippen MR) is 113 cm³/mol. The summed E-state index contributed by atoms with van der Waals surface area (Å²) >= 11 is 1.63. The lowest BCUT2D eigenvalue weighted by molar-refractivity contribution is 0.102. The van der Waals surface area contributed by atoms with Gasteiger partial charge in [-0.05, 0) is 47.5 Å². The quantitative estimate of drug-likeness (QED) is 0.534. The second kappa shape index (κ2) is 10.5. The fraction of sp³-hybridized carbons (Fsp3) is 0.182. The minimum Gasteiger partial charge on any atom is -0.489 e. The maximum absolute atomic E-state index is 12.4. The minimum atomic E-state index is -0.220. The van der Waals surface area contributed by atoms with Crippen LogP contribution in [0.4, 0.5) is 5.82 Å². The molecule has 28 heavy (non-hydrogen) atoms. The lowest BCUT2D eigenvalue weighted by Crippen LogP contribution is -2.13. The van der Waals surface area contributed by atoms with Crippen molar-refractivity contribution in [3.63, 3.8) is 0 Å². The Morgan fingerprint density at radius 2 is 1.82 bits per heavy atom. The summed E-state index contributed by atoms with van der Waals surface area (Å²) in [5.41, 5.74) is 2.68. The molecule has 0 bridgehead atoms. The Labute approximate surface area is 168 Å². The molecule has 6 heteroatoms. The first-order valence-electron chi connectivity index (χ1n) is 8.96. The van der Waals surface area contributed by atoms with Crippen LogP contribution in [0.2, 0.25) is 0 Å². The van der Waals surface area contributed by atoms with Gasteiger partial charge in [0.25, 0.3) is 5.91 Å². The van der Waals surface area contributed by atoms with Gasteiger partial charge in [-0.2, -0.15) is 11.8 Å². The predicted octanol–water partition coefficient (Wildman–Crippen LogP) is 4.14. The van der Waals surface area contributed by atoms with Gasteiger partial charge in [-0.15, -0.1) is 0 Å². The molecule has 0 aliphatic rings. The average Bonchev–Trinajstić information content (AvgIpc) is 2.74. The standard InChI is InChI=1S/C22H22N2O3S/c25-12-13-28-16-18-10-11-23-21(14-18)24-22(26)19-6-8-20(9-7-19)27-15-17-4-2-1-3-5-17/h1-11,14,25H,12-13,15-16H2,(H,23,24,26). The number of anilines is 1. The molecule has 0 spiro atoms. The Balaban J connectivity index is 1.55. The van der Waals surface area contributed by atoms with E-state index in [9.17, 15) is 4.79 Å². The molecule has 0 aliphatic heterocycles. The van der Waals surface area contributed by atoms with Crippen LogP contribution >= 0.6 is 11.8 Å². The zero-order valence-corrected chi connectivity index (χ0v) is 16.2. The molecule has 1 aromatic heterocycles. The number of hydrogen-bond acceptors (Lipinski definition) is 5. The molecule has 2 aromatic carbocycles. The second-order valence-corrected chi connectivity index (χ2v) is 7.18. The topological polar surface area (TPSA) is 71.5 Å². The lowest BCUT2D eigenvalue weighted by atomic mass is 10.2. The van der Waals surface area contributed by atoms with Gasteiger partial charge in [0.05, 0.1) is 6.61 Å². The molecule has 0 aliphatic carbocycles. The third kappa shape index (κ3) is 6.11. The van der Waals surface area contributed by atoms with Crippen molar-refractivity contribution in [1.82, 2.24) is 4.98 Å². The molecule has 1 amide bonds. The summed E-state index contributed by atoms with van der Waals surface area (Å²) in [4.78, 5) is 16.6. The molecule has 0 radical (unpaired) electrons. The number of ether oxygens (including phenoxy) is 1. The van der Waals surface area contributed by atoms with E-state index in [2.05, 4.69) is 10.3 Å². The van der Waals surface area contributed by atoms with E-state index in [1.165, 1.54) is 0 Å². The number of aromatic nitrogens is 1. The maximum Gasteiger partial charge on any atom is 0.256 e. The Morgan fingerprint density at radius 1 is 1.04 bits per heavy atom. The summed E-state index contributed by atoms with van der Waals surface area (Å²) in [6, 6.07) is 20.7. The van der Waals surface area contributed by atoms with Crippen molar-refractivity contribution in [2.24, 2.45) is 0 Å². The Kier molecular flexibility index (Phi) is 7.46. The lowest BCUT2D eigenvalue weighted by Gasteiger charge is -2.09. The normalized spacial score (nSPS) is 10.5. The molecular weight excluding hydrogens is 372 g/mol. The van der Waals surface area contributed by atoms with Gasteiger partial charge >= 0.3 is 0 Å². The number of rotatable bonds is 9. The molecule has 0 saturated carbocycles. The smallest absolute Gasteiger partial charge is 0.256 e. The molecule has 3 rings (SSSR count). The van der Waals surface area contributed by atoms with Crippen LogP contribution < -0.4 is 10.1 Å². The van der Waals surface area contributed by atoms with E-state index in [0.29, 0.717) is 29.5 Å². The molecule has 144 valence electrons. The molecule has 5 nitrogen and oxygen atoms in total. The largest absolute Gasteiger partial charge is 0.489 e. The van der Waals surface area contributed by atoms with E-state index in [1.54, 1.807) is 42.2 Å². The molecule has 2 N–H and O–H groups in total. The number of nitrogens with one attached hydrogen (secondary N) is 1. The van der Waals surface area contributed by atoms with Gasteiger partial charge in [0.2, 0.25) is 0 Å². The maximum atomic E-state index is 12.4. The number of thioether (sulfide) groups is 1. The second-order valence-electron chi connectivity index (χ2n) is 6.08. The van der Waals surface area contributed by atoms with Gasteiger partial charge in [0.1, 0.15) is 18.2 Å². The van der Waals surface area contributed by atoms with Crippen molar-refractivity contribution in [2.45, 2.75) is 12.4 Å². The van der Waals surface area contributed by atoms with E-state index >= 15 is 0 Å². The molecule has 0 atom stereocenters. The van der Waals surface area contributed by atoms with E-state index in [1.807, 2.05) is 42.5 Å². The number of benzene rings is 2. The molecule has 0 saturated heterocycles. The van der Waals surface area contributed by atoms with Crippen molar-refractivity contribution in [3.05, 3.63) is 89.6 Å². The first-order valence-corrected chi connectivity index (χ1v) is 10.1. The van der Waals surface area contributed by atoms with E-state index in [0.717, 1.165) is 16.9 Å². The minimum absolute atomic E-state index is 0.157. The number of amides is 1. The number of pyridine rings is 1. The molecule has 1 heterocycles. The summed E-state index contributed by atoms with van der Waals surface area (Å²) in [7, 11) is 0. The van der Waals surface area contributed by atoms with E-state index in [-0.39, 0.29) is 12.5 Å². The zero-order chi connectivity index (χ0) is 19.6. The first-order chi connectivity index (χ1) is 13.7. The van der Waals surface area contributed by atoms with Crippen molar-refractivity contribution in [3.8, 4) is 5.75 Å². The van der Waals surface area contributed by atoms with Crippen LogP contribution in [0.25, 0.3) is 0 Å². The fourth-order valence-corrected chi connectivity index (χ4v) is 3.21. The molecule has 0 unspecified atom stereocenters. The van der Waals surface area contributed by atoms with Crippen LogP contribution in [0.5, 0.6) is 5.75 Å². The summed E-state index contributed by atoms with van der Waals surface area (Å²) < 4.78 is 5.74. The number of aliphatic hydroxyl groups is 1. The zero-order valence-electron chi connectivity index (χ0n) is 15.4. The van der Waals surface area contributed by atoms with Gasteiger partial charge in [0, 0.05) is 23.3 Å². The number of aliphatic hydroxyl groups excluding tert-OH is 1. The average molecular weight is 394 g/mol. The summed E-state index contributed by atoms with van der Waals surface area (Å²) in [5.74, 6) is 2.45. The Morgan fingerprint density at radius 3 is 2.57 bits per heavy atom. The first kappa shape index (κ1) is 19.9. The van der Waals surface area contributed by atoms with Gasteiger partial charge in [-0.1, -0.05) is 30.3 Å². The van der Waals surface area contributed by atoms with Crippen molar-refractivity contribution in [2.75, 3.05) is 17.7 Å². The number of carbonyl (C=O) groups excluding carboxylic acids is 1. The van der Waals surface area contributed by atoms with Gasteiger partial charge in [0.15, 0.2) is 0 Å².